The van der Waals surface area contributed by atoms with E-state index in [-0.39, 0.29) is 0 Å². The average molecular weight is 297 g/mol. The zero-order chi connectivity index (χ0) is 15.6. The van der Waals surface area contributed by atoms with Gasteiger partial charge in [0.1, 0.15) is 5.75 Å². The fourth-order valence-electron chi connectivity index (χ4n) is 2.34. The molecule has 0 spiro atoms. The maximum Gasteiger partial charge on any atom is 0.119 e. The first kappa shape index (κ1) is 16.6. The molecule has 2 heteroatoms. The summed E-state index contributed by atoms with van der Waals surface area (Å²) in [5.41, 5.74) is 3.88. The van der Waals surface area contributed by atoms with Gasteiger partial charge in [0.25, 0.3) is 0 Å². The molecular formula is C20H27NO. The molecule has 0 aliphatic rings. The number of ether oxygens (including phenoxy) is 1. The van der Waals surface area contributed by atoms with E-state index in [1.165, 1.54) is 29.5 Å². The number of hydrogen-bond acceptors (Lipinski definition) is 2. The summed E-state index contributed by atoms with van der Waals surface area (Å²) < 4.78 is 5.80. The Kier molecular flexibility index (Phi) is 6.98. The Bertz CT molecular complexity index is 548. The van der Waals surface area contributed by atoms with E-state index in [2.05, 4.69) is 61.6 Å². The van der Waals surface area contributed by atoms with Crippen molar-refractivity contribution in [3.8, 4) is 5.75 Å². The second kappa shape index (κ2) is 9.26. The normalized spacial score (nSPS) is 10.6. The lowest BCUT2D eigenvalue weighted by atomic mass is 10.1. The third-order valence-corrected chi connectivity index (χ3v) is 3.69. The lowest BCUT2D eigenvalue weighted by molar-refractivity contribution is 0.306. The third kappa shape index (κ3) is 5.90. The molecule has 0 atom stereocenters. The van der Waals surface area contributed by atoms with Crippen LogP contribution in [0.25, 0.3) is 0 Å². The molecule has 0 bridgehead atoms. The monoisotopic (exact) mass is 297 g/mol. The minimum Gasteiger partial charge on any atom is -0.494 e. The Labute approximate surface area is 134 Å². The van der Waals surface area contributed by atoms with Crippen LogP contribution in [-0.2, 0) is 13.1 Å². The van der Waals surface area contributed by atoms with Crippen molar-refractivity contribution in [2.75, 3.05) is 6.61 Å². The van der Waals surface area contributed by atoms with Crippen molar-refractivity contribution in [2.24, 2.45) is 0 Å². The van der Waals surface area contributed by atoms with Gasteiger partial charge in [-0.1, -0.05) is 61.7 Å². The lowest BCUT2D eigenvalue weighted by Crippen LogP contribution is -2.12. The molecule has 2 nitrogen and oxygen atoms in total. The first-order chi connectivity index (χ1) is 10.8. The second-order valence-electron chi connectivity index (χ2n) is 5.79. The van der Waals surface area contributed by atoms with Gasteiger partial charge in [-0.15, -0.1) is 0 Å². The topological polar surface area (TPSA) is 21.3 Å². The highest BCUT2D eigenvalue weighted by atomic mass is 16.5. The number of hydrogen-bond donors (Lipinski definition) is 1. The fourth-order valence-corrected chi connectivity index (χ4v) is 2.34. The van der Waals surface area contributed by atoms with Gasteiger partial charge >= 0.3 is 0 Å². The van der Waals surface area contributed by atoms with Crippen molar-refractivity contribution in [2.45, 2.75) is 46.2 Å². The van der Waals surface area contributed by atoms with Crippen LogP contribution in [0.15, 0.2) is 48.5 Å². The van der Waals surface area contributed by atoms with Crippen LogP contribution in [0.5, 0.6) is 5.75 Å². The zero-order valence-corrected chi connectivity index (χ0v) is 13.8. The smallest absolute Gasteiger partial charge is 0.119 e. The van der Waals surface area contributed by atoms with Crippen molar-refractivity contribution < 1.29 is 4.74 Å². The van der Waals surface area contributed by atoms with E-state index in [0.717, 1.165) is 31.9 Å². The summed E-state index contributed by atoms with van der Waals surface area (Å²) in [6.45, 7) is 6.89. The highest BCUT2D eigenvalue weighted by Crippen LogP contribution is 2.14. The molecule has 22 heavy (non-hydrogen) atoms. The predicted molar refractivity (Wildman–Crippen MR) is 93.2 cm³/mol. The molecule has 0 aliphatic carbocycles. The number of unbranched alkanes of at least 4 members (excludes halogenated alkanes) is 2. The first-order valence-electron chi connectivity index (χ1n) is 8.26. The van der Waals surface area contributed by atoms with Crippen LogP contribution in [-0.4, -0.2) is 6.61 Å². The van der Waals surface area contributed by atoms with Gasteiger partial charge in [0, 0.05) is 13.1 Å². The van der Waals surface area contributed by atoms with Crippen LogP contribution in [0.3, 0.4) is 0 Å². The first-order valence-corrected chi connectivity index (χ1v) is 8.26. The maximum atomic E-state index is 5.80. The van der Waals surface area contributed by atoms with Crippen LogP contribution in [0.2, 0.25) is 0 Å². The van der Waals surface area contributed by atoms with Crippen molar-refractivity contribution in [3.63, 3.8) is 0 Å². The quantitative estimate of drug-likeness (QED) is 0.668. The number of rotatable bonds is 9. The maximum absolute atomic E-state index is 5.80. The number of nitrogens with one attached hydrogen (secondary N) is 1. The van der Waals surface area contributed by atoms with E-state index >= 15 is 0 Å². The highest BCUT2D eigenvalue weighted by molar-refractivity contribution is 5.28. The molecule has 2 rings (SSSR count). The molecule has 118 valence electrons. The third-order valence-electron chi connectivity index (χ3n) is 3.69. The summed E-state index contributed by atoms with van der Waals surface area (Å²) in [6.07, 6.45) is 3.59. The molecule has 0 aliphatic heterocycles. The standard InChI is InChI=1S/C20H27NO/c1-3-4-5-13-22-20-8-6-7-19(14-20)16-21-15-18-11-9-17(2)10-12-18/h6-12,14,21H,3-5,13,15-16H2,1-2H3. The van der Waals surface area contributed by atoms with E-state index in [1.54, 1.807) is 0 Å². The van der Waals surface area contributed by atoms with Gasteiger partial charge in [0.2, 0.25) is 0 Å². The van der Waals surface area contributed by atoms with Crippen LogP contribution < -0.4 is 10.1 Å². The molecular weight excluding hydrogens is 270 g/mol. The number of aryl methyl sites for hydroxylation is 1. The molecule has 0 saturated heterocycles. The average Bonchev–Trinajstić information content (AvgIpc) is 2.54. The molecule has 0 radical (unpaired) electrons. The molecule has 0 aromatic heterocycles. The summed E-state index contributed by atoms with van der Waals surface area (Å²) in [6, 6.07) is 17.0. The molecule has 0 unspecified atom stereocenters. The zero-order valence-electron chi connectivity index (χ0n) is 13.8. The largest absolute Gasteiger partial charge is 0.494 e. The summed E-state index contributed by atoms with van der Waals surface area (Å²) in [4.78, 5) is 0. The van der Waals surface area contributed by atoms with Crippen molar-refractivity contribution in [3.05, 3.63) is 65.2 Å². The van der Waals surface area contributed by atoms with E-state index in [0.29, 0.717) is 0 Å². The van der Waals surface area contributed by atoms with Crippen molar-refractivity contribution in [1.82, 2.24) is 5.32 Å². The Morgan fingerprint density at radius 3 is 2.45 bits per heavy atom. The van der Waals surface area contributed by atoms with E-state index in [4.69, 9.17) is 4.74 Å². The van der Waals surface area contributed by atoms with Crippen molar-refractivity contribution >= 4 is 0 Å². The van der Waals surface area contributed by atoms with Crippen LogP contribution in [0.1, 0.15) is 42.9 Å². The summed E-state index contributed by atoms with van der Waals surface area (Å²) in [5, 5.41) is 3.49. The minimum atomic E-state index is 0.814. The van der Waals surface area contributed by atoms with E-state index in [1.807, 2.05) is 6.07 Å². The van der Waals surface area contributed by atoms with Gasteiger partial charge in [-0.2, -0.15) is 0 Å². The van der Waals surface area contributed by atoms with Gasteiger partial charge in [-0.25, -0.2) is 0 Å². The Hall–Kier alpha value is -1.80. The Balaban J connectivity index is 1.76. The molecule has 2 aromatic carbocycles. The van der Waals surface area contributed by atoms with Gasteiger partial charge in [-0.05, 0) is 36.6 Å². The molecule has 0 heterocycles. The summed E-state index contributed by atoms with van der Waals surface area (Å²) >= 11 is 0. The van der Waals surface area contributed by atoms with Gasteiger partial charge < -0.3 is 10.1 Å². The molecule has 2 aromatic rings. The van der Waals surface area contributed by atoms with Crippen LogP contribution in [0.4, 0.5) is 0 Å². The Morgan fingerprint density at radius 1 is 0.909 bits per heavy atom. The molecule has 0 amide bonds. The van der Waals surface area contributed by atoms with E-state index < -0.39 is 0 Å². The fraction of sp³-hybridized carbons (Fsp3) is 0.400. The van der Waals surface area contributed by atoms with Crippen LogP contribution >= 0.6 is 0 Å². The second-order valence-corrected chi connectivity index (χ2v) is 5.79. The number of benzene rings is 2. The summed E-state index contributed by atoms with van der Waals surface area (Å²) in [5.74, 6) is 0.978. The summed E-state index contributed by atoms with van der Waals surface area (Å²) in [7, 11) is 0. The minimum absolute atomic E-state index is 0.814. The molecule has 0 saturated carbocycles. The molecule has 0 fully saturated rings. The SMILES string of the molecule is CCCCCOc1cccc(CNCc2ccc(C)cc2)c1. The van der Waals surface area contributed by atoms with Gasteiger partial charge in [0.15, 0.2) is 0 Å². The van der Waals surface area contributed by atoms with E-state index in [9.17, 15) is 0 Å². The van der Waals surface area contributed by atoms with Crippen LogP contribution in [0, 0.1) is 6.92 Å². The predicted octanol–water partition coefficient (Wildman–Crippen LogP) is 4.85. The van der Waals surface area contributed by atoms with Gasteiger partial charge in [-0.3, -0.25) is 0 Å². The van der Waals surface area contributed by atoms with Crippen molar-refractivity contribution in [1.29, 1.82) is 0 Å². The lowest BCUT2D eigenvalue weighted by Gasteiger charge is -2.09. The highest BCUT2D eigenvalue weighted by Gasteiger charge is 1.98. The Morgan fingerprint density at radius 2 is 1.68 bits per heavy atom. The molecule has 1 N–H and O–H groups in total. The van der Waals surface area contributed by atoms with Gasteiger partial charge in [0.05, 0.1) is 6.61 Å².